The van der Waals surface area contributed by atoms with Crippen LogP contribution >= 0.6 is 0 Å². The minimum Gasteiger partial charge on any atom is -0.392 e. The molecule has 72 valence electrons. The summed E-state index contributed by atoms with van der Waals surface area (Å²) in [5.74, 6) is 1.60. The van der Waals surface area contributed by atoms with Gasteiger partial charge in [0, 0.05) is 19.6 Å². The van der Waals surface area contributed by atoms with E-state index in [4.69, 9.17) is 0 Å². The van der Waals surface area contributed by atoms with Gasteiger partial charge in [-0.2, -0.15) is 0 Å². The Morgan fingerprint density at radius 1 is 1.33 bits per heavy atom. The molecule has 0 amide bonds. The molecule has 1 N–H and O–H groups in total. The van der Waals surface area contributed by atoms with Crippen LogP contribution in [0.2, 0.25) is 0 Å². The van der Waals surface area contributed by atoms with Crippen LogP contribution in [0.4, 0.5) is 0 Å². The van der Waals surface area contributed by atoms with Gasteiger partial charge in [-0.15, -0.1) is 0 Å². The fourth-order valence-corrected chi connectivity index (χ4v) is 1.83. The summed E-state index contributed by atoms with van der Waals surface area (Å²) in [6, 6.07) is 0. The highest BCUT2D eigenvalue weighted by Gasteiger charge is 2.26. The molecule has 1 aliphatic heterocycles. The fourth-order valence-electron chi connectivity index (χ4n) is 1.83. The van der Waals surface area contributed by atoms with E-state index in [1.165, 1.54) is 0 Å². The molecule has 0 saturated carbocycles. The molecule has 12 heavy (non-hydrogen) atoms. The number of aliphatic hydroxyl groups excluding tert-OH is 1. The van der Waals surface area contributed by atoms with Crippen LogP contribution in [-0.2, 0) is 0 Å². The Bertz CT molecular complexity index is 128. The molecule has 3 atom stereocenters. The van der Waals surface area contributed by atoms with E-state index in [2.05, 4.69) is 18.7 Å². The minimum absolute atomic E-state index is 0.123. The highest BCUT2D eigenvalue weighted by Crippen LogP contribution is 2.22. The van der Waals surface area contributed by atoms with E-state index in [0.717, 1.165) is 37.9 Å². The van der Waals surface area contributed by atoms with Crippen molar-refractivity contribution in [1.82, 2.24) is 4.90 Å². The lowest BCUT2D eigenvalue weighted by Gasteiger charge is -2.18. The number of rotatable bonds is 3. The van der Waals surface area contributed by atoms with Gasteiger partial charge in [-0.05, 0) is 18.3 Å². The van der Waals surface area contributed by atoms with Crippen molar-refractivity contribution in [2.75, 3.05) is 19.6 Å². The van der Waals surface area contributed by atoms with E-state index in [0.29, 0.717) is 0 Å². The first-order valence-electron chi connectivity index (χ1n) is 5.04. The van der Waals surface area contributed by atoms with Crippen LogP contribution in [-0.4, -0.2) is 35.7 Å². The Morgan fingerprint density at radius 3 is 2.25 bits per heavy atom. The molecule has 0 radical (unpaired) electrons. The van der Waals surface area contributed by atoms with Gasteiger partial charge in [-0.1, -0.05) is 20.8 Å². The van der Waals surface area contributed by atoms with E-state index in [-0.39, 0.29) is 6.10 Å². The van der Waals surface area contributed by atoms with Crippen molar-refractivity contribution >= 4 is 0 Å². The first-order chi connectivity index (χ1) is 5.63. The van der Waals surface area contributed by atoms with Gasteiger partial charge in [0.05, 0.1) is 6.10 Å². The van der Waals surface area contributed by atoms with Gasteiger partial charge in [-0.25, -0.2) is 0 Å². The normalized spacial score (nSPS) is 34.0. The monoisotopic (exact) mass is 171 g/mol. The average molecular weight is 171 g/mol. The van der Waals surface area contributed by atoms with Crippen molar-refractivity contribution in [2.45, 2.75) is 33.3 Å². The number of β-amino-alcohol motifs (C(OH)–C–C–N with tert-alkyl or cyclic N) is 1. The molecule has 1 fully saturated rings. The maximum Gasteiger partial charge on any atom is 0.0664 e. The van der Waals surface area contributed by atoms with E-state index < -0.39 is 0 Å². The quantitative estimate of drug-likeness (QED) is 0.693. The summed E-state index contributed by atoms with van der Waals surface area (Å²) >= 11 is 0. The highest BCUT2D eigenvalue weighted by atomic mass is 16.3. The Morgan fingerprint density at radius 2 is 1.83 bits per heavy atom. The van der Waals surface area contributed by atoms with Gasteiger partial charge in [0.15, 0.2) is 0 Å². The molecular formula is C10H21NO. The summed E-state index contributed by atoms with van der Waals surface area (Å²) in [5.41, 5.74) is 0. The first kappa shape index (κ1) is 10.0. The molecule has 0 aromatic rings. The zero-order chi connectivity index (χ0) is 9.14. The summed E-state index contributed by atoms with van der Waals surface area (Å²) in [7, 11) is 0. The summed E-state index contributed by atoms with van der Waals surface area (Å²) < 4.78 is 0. The minimum atomic E-state index is -0.123. The lowest BCUT2D eigenvalue weighted by Crippen LogP contribution is -2.30. The molecule has 0 aromatic carbocycles. The van der Waals surface area contributed by atoms with Crippen LogP contribution in [0.3, 0.4) is 0 Å². The van der Waals surface area contributed by atoms with E-state index in [1.54, 1.807) is 0 Å². The zero-order valence-electron chi connectivity index (χ0n) is 8.45. The third kappa shape index (κ3) is 2.46. The second kappa shape index (κ2) is 4.24. The summed E-state index contributed by atoms with van der Waals surface area (Å²) in [5, 5.41) is 9.45. The lowest BCUT2D eigenvalue weighted by molar-refractivity contribution is 0.119. The Kier molecular flexibility index (Phi) is 3.53. The highest BCUT2D eigenvalue weighted by molar-refractivity contribution is 4.79. The van der Waals surface area contributed by atoms with Crippen LogP contribution in [0.5, 0.6) is 0 Å². The molecule has 1 saturated heterocycles. The molecule has 1 aliphatic rings. The molecule has 1 heterocycles. The first-order valence-corrected chi connectivity index (χ1v) is 5.04. The van der Waals surface area contributed by atoms with Gasteiger partial charge in [0.1, 0.15) is 0 Å². The molecule has 0 spiro atoms. The van der Waals surface area contributed by atoms with Crippen molar-refractivity contribution in [3.63, 3.8) is 0 Å². The van der Waals surface area contributed by atoms with Gasteiger partial charge in [0.2, 0.25) is 0 Å². The fraction of sp³-hybridized carbons (Fsp3) is 1.00. The largest absolute Gasteiger partial charge is 0.392 e. The maximum atomic E-state index is 9.45. The predicted molar refractivity (Wildman–Crippen MR) is 51.1 cm³/mol. The van der Waals surface area contributed by atoms with Gasteiger partial charge < -0.3 is 10.0 Å². The summed E-state index contributed by atoms with van der Waals surface area (Å²) in [6.45, 7) is 9.82. The third-order valence-electron chi connectivity index (χ3n) is 3.00. The van der Waals surface area contributed by atoms with Crippen LogP contribution < -0.4 is 0 Å². The molecule has 1 rings (SSSR count). The number of aliphatic hydroxyl groups is 1. The smallest absolute Gasteiger partial charge is 0.0664 e. The molecule has 0 aromatic heterocycles. The van der Waals surface area contributed by atoms with Gasteiger partial charge in [-0.3, -0.25) is 0 Å². The van der Waals surface area contributed by atoms with Crippen molar-refractivity contribution in [2.24, 2.45) is 11.8 Å². The standard InChI is InChI=1S/C10H21NO/c1-4-10(12)7-11-5-8(2)9(3)6-11/h8-10,12H,4-7H2,1-3H3/t8?,9?,10-/m1/s1. The number of likely N-dealkylation sites (tertiary alicyclic amines) is 1. The molecule has 2 nitrogen and oxygen atoms in total. The predicted octanol–water partition coefficient (Wildman–Crippen LogP) is 1.35. The lowest BCUT2D eigenvalue weighted by atomic mass is 10.0. The molecule has 0 bridgehead atoms. The Labute approximate surface area is 75.6 Å². The Hall–Kier alpha value is -0.0800. The number of hydrogen-bond donors (Lipinski definition) is 1. The SMILES string of the molecule is CC[C@@H](O)CN1CC(C)C(C)C1. The second-order valence-electron chi connectivity index (χ2n) is 4.24. The van der Waals surface area contributed by atoms with Crippen molar-refractivity contribution in [1.29, 1.82) is 0 Å². The van der Waals surface area contributed by atoms with Crippen LogP contribution in [0.25, 0.3) is 0 Å². The van der Waals surface area contributed by atoms with E-state index in [1.807, 2.05) is 6.92 Å². The third-order valence-corrected chi connectivity index (χ3v) is 3.00. The topological polar surface area (TPSA) is 23.5 Å². The molecular weight excluding hydrogens is 150 g/mol. The summed E-state index contributed by atoms with van der Waals surface area (Å²) in [6.07, 6.45) is 0.752. The van der Waals surface area contributed by atoms with Gasteiger partial charge in [0.25, 0.3) is 0 Å². The van der Waals surface area contributed by atoms with E-state index >= 15 is 0 Å². The Balaban J connectivity index is 2.27. The molecule has 0 aliphatic carbocycles. The molecule has 2 heteroatoms. The molecule has 2 unspecified atom stereocenters. The van der Waals surface area contributed by atoms with Crippen molar-refractivity contribution in [3.8, 4) is 0 Å². The van der Waals surface area contributed by atoms with E-state index in [9.17, 15) is 5.11 Å². The van der Waals surface area contributed by atoms with Crippen LogP contribution in [0.15, 0.2) is 0 Å². The second-order valence-corrected chi connectivity index (χ2v) is 4.24. The van der Waals surface area contributed by atoms with Crippen LogP contribution in [0, 0.1) is 11.8 Å². The summed E-state index contributed by atoms with van der Waals surface area (Å²) in [4.78, 5) is 2.38. The van der Waals surface area contributed by atoms with Gasteiger partial charge >= 0.3 is 0 Å². The maximum absolute atomic E-state index is 9.45. The average Bonchev–Trinajstić information content (AvgIpc) is 2.31. The van der Waals surface area contributed by atoms with Crippen molar-refractivity contribution < 1.29 is 5.11 Å². The number of hydrogen-bond acceptors (Lipinski definition) is 2. The zero-order valence-corrected chi connectivity index (χ0v) is 8.45. The number of nitrogens with zero attached hydrogens (tertiary/aromatic N) is 1. The van der Waals surface area contributed by atoms with Crippen molar-refractivity contribution in [3.05, 3.63) is 0 Å². The van der Waals surface area contributed by atoms with Crippen LogP contribution in [0.1, 0.15) is 27.2 Å².